The van der Waals surface area contributed by atoms with Gasteiger partial charge in [0.15, 0.2) is 10.9 Å². The maximum Gasteiger partial charge on any atom is 0.270 e. The van der Waals surface area contributed by atoms with Crippen LogP contribution in [-0.2, 0) is 0 Å². The van der Waals surface area contributed by atoms with E-state index in [1.807, 2.05) is 29.2 Å². The number of para-hydroxylation sites is 1. The number of hydrogen-bond donors (Lipinski definition) is 2. The van der Waals surface area contributed by atoms with E-state index in [2.05, 4.69) is 20.3 Å². The molecule has 2 N–H and O–H groups in total. The van der Waals surface area contributed by atoms with Crippen molar-refractivity contribution in [2.45, 2.75) is 36.9 Å². The average molecular weight is 422 g/mol. The number of rotatable bonds is 7. The number of carbonyl (C=O) groups excluding carboxylic acids is 2. The highest BCUT2D eigenvalue weighted by atomic mass is 32.2. The Kier molecular flexibility index (Phi) is 5.16. The third-order valence-electron chi connectivity index (χ3n) is 5.46. The van der Waals surface area contributed by atoms with Crippen molar-refractivity contribution >= 4 is 40.2 Å². The monoisotopic (exact) mass is 421 g/mol. The summed E-state index contributed by atoms with van der Waals surface area (Å²) in [5, 5.41) is 5.04. The predicted molar refractivity (Wildman–Crippen MR) is 117 cm³/mol. The Labute approximate surface area is 178 Å². The molecular weight excluding hydrogens is 398 g/mol. The van der Waals surface area contributed by atoms with E-state index < -0.39 is 0 Å². The lowest BCUT2D eigenvalue weighted by Gasteiger charge is -2.13. The van der Waals surface area contributed by atoms with Gasteiger partial charge in [0.2, 0.25) is 0 Å². The molecule has 2 aliphatic rings. The molecule has 0 radical (unpaired) electrons. The van der Waals surface area contributed by atoms with Crippen molar-refractivity contribution in [2.75, 3.05) is 24.2 Å². The molecule has 3 aromatic rings. The van der Waals surface area contributed by atoms with Crippen LogP contribution in [0.5, 0.6) is 0 Å². The van der Waals surface area contributed by atoms with E-state index in [0.29, 0.717) is 22.5 Å². The summed E-state index contributed by atoms with van der Waals surface area (Å²) in [7, 11) is 0. The molecule has 1 amide bonds. The first-order chi connectivity index (χ1) is 14.7. The number of thioether (sulfide) groups is 1. The number of H-pyrrole nitrogens is 1. The molecule has 0 bridgehead atoms. The molecule has 5 rings (SSSR count). The molecule has 2 aromatic heterocycles. The second-order valence-corrected chi connectivity index (χ2v) is 8.75. The number of anilines is 1. The van der Waals surface area contributed by atoms with Crippen LogP contribution in [0.2, 0.25) is 0 Å². The van der Waals surface area contributed by atoms with Gasteiger partial charge < -0.3 is 15.2 Å². The van der Waals surface area contributed by atoms with Crippen LogP contribution in [-0.4, -0.2) is 56.4 Å². The van der Waals surface area contributed by atoms with Crippen LogP contribution in [0.3, 0.4) is 0 Å². The third-order valence-corrected chi connectivity index (χ3v) is 6.31. The van der Waals surface area contributed by atoms with Crippen molar-refractivity contribution in [1.82, 2.24) is 19.9 Å². The van der Waals surface area contributed by atoms with E-state index in [0.717, 1.165) is 55.5 Å². The molecule has 2 fully saturated rings. The quantitative estimate of drug-likeness (QED) is 0.343. The van der Waals surface area contributed by atoms with Gasteiger partial charge in [0.25, 0.3) is 5.91 Å². The maximum atomic E-state index is 12.7. The Bertz CT molecular complexity index is 1100. The topological polar surface area (TPSA) is 91.0 Å². The highest BCUT2D eigenvalue weighted by Crippen LogP contribution is 2.30. The zero-order chi connectivity index (χ0) is 20.5. The first-order valence-electron chi connectivity index (χ1n) is 10.3. The van der Waals surface area contributed by atoms with Crippen LogP contribution >= 0.6 is 11.8 Å². The van der Waals surface area contributed by atoms with Crippen LogP contribution < -0.4 is 5.32 Å². The molecule has 0 atom stereocenters. The van der Waals surface area contributed by atoms with E-state index in [-0.39, 0.29) is 17.4 Å². The Morgan fingerprint density at radius 2 is 1.97 bits per heavy atom. The molecule has 0 unspecified atom stereocenters. The number of aromatic amines is 1. The molecule has 0 spiro atoms. The normalized spacial score (nSPS) is 16.2. The molecule has 1 aromatic carbocycles. The number of carbonyl (C=O) groups is 2. The molecule has 1 aliphatic heterocycles. The van der Waals surface area contributed by atoms with E-state index in [1.165, 1.54) is 11.8 Å². The number of aromatic nitrogens is 3. The number of likely N-dealkylation sites (tertiary alicyclic amines) is 1. The molecule has 8 heteroatoms. The number of amides is 1. The van der Waals surface area contributed by atoms with E-state index >= 15 is 0 Å². The number of fused-ring (bicyclic) bond motifs is 1. The van der Waals surface area contributed by atoms with Gasteiger partial charge in [-0.2, -0.15) is 0 Å². The summed E-state index contributed by atoms with van der Waals surface area (Å²) in [6.45, 7) is 1.57. The Hall–Kier alpha value is -2.87. The lowest BCUT2D eigenvalue weighted by Crippen LogP contribution is -2.27. The summed E-state index contributed by atoms with van der Waals surface area (Å²) in [6, 6.07) is 10.0. The molecule has 1 saturated heterocycles. The minimum atomic E-state index is -0.0508. The minimum Gasteiger partial charge on any atom is -0.367 e. The second-order valence-electron chi connectivity index (χ2n) is 7.80. The molecule has 7 nitrogen and oxygen atoms in total. The van der Waals surface area contributed by atoms with Gasteiger partial charge in [-0.15, -0.1) is 0 Å². The van der Waals surface area contributed by atoms with Crippen LogP contribution in [0.4, 0.5) is 5.82 Å². The Balaban J connectivity index is 1.28. The lowest BCUT2D eigenvalue weighted by atomic mass is 10.2. The zero-order valence-corrected chi connectivity index (χ0v) is 17.4. The standard InChI is InChI=1S/C22H23N5O2S/c28-19(14-11-18(23-12-14)21(29)27-9-3-4-10-27)13-30-22-25-17-6-2-1-5-16(17)20(26-22)24-15-7-8-15/h1-2,5-6,11-12,15,23H,3-4,7-10,13H2,(H,24,25,26). The van der Waals surface area contributed by atoms with Gasteiger partial charge in [-0.1, -0.05) is 23.9 Å². The third kappa shape index (κ3) is 4.05. The first kappa shape index (κ1) is 19.1. The van der Waals surface area contributed by atoms with Crippen LogP contribution in [0.1, 0.15) is 46.5 Å². The van der Waals surface area contributed by atoms with Crippen molar-refractivity contribution in [3.8, 4) is 0 Å². The molecule has 1 aliphatic carbocycles. The highest BCUT2D eigenvalue weighted by molar-refractivity contribution is 7.99. The fourth-order valence-corrected chi connectivity index (χ4v) is 4.38. The smallest absolute Gasteiger partial charge is 0.270 e. The highest BCUT2D eigenvalue weighted by Gasteiger charge is 2.24. The van der Waals surface area contributed by atoms with E-state index in [1.54, 1.807) is 12.3 Å². The van der Waals surface area contributed by atoms with Crippen molar-refractivity contribution in [2.24, 2.45) is 0 Å². The lowest BCUT2D eigenvalue weighted by molar-refractivity contribution is 0.0787. The predicted octanol–water partition coefficient (Wildman–Crippen LogP) is 3.74. The van der Waals surface area contributed by atoms with Crippen LogP contribution in [0, 0.1) is 0 Å². The SMILES string of the molecule is O=C(CSc1nc(NC2CC2)c2ccccc2n1)c1c[nH]c(C(=O)N2CCCC2)c1. The summed E-state index contributed by atoms with van der Waals surface area (Å²) in [5.41, 5.74) is 1.86. The average Bonchev–Trinajstić information content (AvgIpc) is 3.23. The van der Waals surface area contributed by atoms with E-state index in [4.69, 9.17) is 0 Å². The summed E-state index contributed by atoms with van der Waals surface area (Å²) >= 11 is 1.32. The zero-order valence-electron chi connectivity index (χ0n) is 16.6. The summed E-state index contributed by atoms with van der Waals surface area (Å²) in [6.07, 6.45) is 6.01. The summed E-state index contributed by atoms with van der Waals surface area (Å²) < 4.78 is 0. The molecular formula is C22H23N5O2S. The molecule has 30 heavy (non-hydrogen) atoms. The number of nitrogens with zero attached hydrogens (tertiary/aromatic N) is 3. The Morgan fingerprint density at radius 1 is 1.17 bits per heavy atom. The summed E-state index contributed by atoms with van der Waals surface area (Å²) in [5.74, 6) is 0.965. The van der Waals surface area contributed by atoms with Gasteiger partial charge in [-0.3, -0.25) is 9.59 Å². The fourth-order valence-electron chi connectivity index (χ4n) is 3.63. The number of hydrogen-bond acceptors (Lipinski definition) is 6. The van der Waals surface area contributed by atoms with Crippen LogP contribution in [0.25, 0.3) is 10.9 Å². The number of Topliss-reactive ketones (excluding diaryl/α,β-unsaturated/α-hetero) is 1. The van der Waals surface area contributed by atoms with Gasteiger partial charge in [-0.05, 0) is 43.9 Å². The van der Waals surface area contributed by atoms with Crippen molar-refractivity contribution < 1.29 is 9.59 Å². The molecule has 1 saturated carbocycles. The van der Waals surface area contributed by atoms with Gasteiger partial charge in [0, 0.05) is 36.3 Å². The minimum absolute atomic E-state index is 0.0344. The van der Waals surface area contributed by atoms with E-state index in [9.17, 15) is 9.59 Å². The van der Waals surface area contributed by atoms with Gasteiger partial charge in [0.1, 0.15) is 11.5 Å². The number of nitrogens with one attached hydrogen (secondary N) is 2. The van der Waals surface area contributed by atoms with Crippen molar-refractivity contribution in [3.05, 3.63) is 47.8 Å². The van der Waals surface area contributed by atoms with Gasteiger partial charge in [-0.25, -0.2) is 9.97 Å². The van der Waals surface area contributed by atoms with Gasteiger partial charge in [0.05, 0.1) is 11.3 Å². The number of ketones is 1. The summed E-state index contributed by atoms with van der Waals surface area (Å²) in [4.78, 5) is 39.2. The van der Waals surface area contributed by atoms with Crippen molar-refractivity contribution in [3.63, 3.8) is 0 Å². The largest absolute Gasteiger partial charge is 0.367 e. The first-order valence-corrected chi connectivity index (χ1v) is 11.3. The van der Waals surface area contributed by atoms with Gasteiger partial charge >= 0.3 is 0 Å². The molecule has 3 heterocycles. The Morgan fingerprint density at radius 3 is 2.77 bits per heavy atom. The fraction of sp³-hybridized carbons (Fsp3) is 0.364. The van der Waals surface area contributed by atoms with Crippen molar-refractivity contribution in [1.29, 1.82) is 0 Å². The second kappa shape index (κ2) is 8.10. The number of benzene rings is 1. The maximum absolute atomic E-state index is 12.7. The molecule has 154 valence electrons. The van der Waals surface area contributed by atoms with Crippen LogP contribution in [0.15, 0.2) is 41.7 Å².